The first kappa shape index (κ1) is 10.8. The predicted octanol–water partition coefficient (Wildman–Crippen LogP) is 2.91. The Morgan fingerprint density at radius 2 is 2.00 bits per heavy atom. The molecule has 0 saturated carbocycles. The van der Waals surface area contributed by atoms with Gasteiger partial charge in [0.15, 0.2) is 0 Å². The molecule has 0 radical (unpaired) electrons. The van der Waals surface area contributed by atoms with Crippen molar-refractivity contribution in [3.63, 3.8) is 0 Å². The molecule has 0 amide bonds. The van der Waals surface area contributed by atoms with Crippen molar-refractivity contribution in [3.05, 3.63) is 29.3 Å². The molecule has 1 aliphatic heterocycles. The minimum absolute atomic E-state index is 0.140. The van der Waals surface area contributed by atoms with E-state index in [0.717, 1.165) is 25.5 Å². The summed E-state index contributed by atoms with van der Waals surface area (Å²) in [6.07, 6.45) is 7.05. The standard InChI is InChI=1S/C15H19NO/c17-11-13-5-3-4-12-6-7-14(10-15(12)13)16-8-1-2-9-16/h6-7,10-11,13H,1-5,8-9H2. The van der Waals surface area contributed by atoms with Crippen molar-refractivity contribution in [3.8, 4) is 0 Å². The van der Waals surface area contributed by atoms with Gasteiger partial charge in [0.1, 0.15) is 6.29 Å². The summed E-state index contributed by atoms with van der Waals surface area (Å²) in [5.74, 6) is 0.140. The number of anilines is 1. The molecule has 0 bridgehead atoms. The second-order valence-electron chi connectivity index (χ2n) is 5.21. The van der Waals surface area contributed by atoms with Gasteiger partial charge in [0.05, 0.1) is 0 Å². The number of aldehydes is 1. The van der Waals surface area contributed by atoms with E-state index in [1.54, 1.807) is 0 Å². The second kappa shape index (κ2) is 4.52. The van der Waals surface area contributed by atoms with Crippen molar-refractivity contribution < 1.29 is 4.79 Å². The molecule has 1 aromatic carbocycles. The number of fused-ring (bicyclic) bond motifs is 1. The third kappa shape index (κ3) is 1.97. The minimum atomic E-state index is 0.140. The predicted molar refractivity (Wildman–Crippen MR) is 69.6 cm³/mol. The summed E-state index contributed by atoms with van der Waals surface area (Å²) in [6.45, 7) is 2.34. The van der Waals surface area contributed by atoms with E-state index in [0.29, 0.717) is 0 Å². The molecule has 1 aliphatic carbocycles. The number of hydrogen-bond acceptors (Lipinski definition) is 2. The smallest absolute Gasteiger partial charge is 0.127 e. The van der Waals surface area contributed by atoms with E-state index in [1.165, 1.54) is 42.7 Å². The number of carbonyl (C=O) groups is 1. The van der Waals surface area contributed by atoms with Crippen LogP contribution in [0.15, 0.2) is 18.2 Å². The largest absolute Gasteiger partial charge is 0.372 e. The summed E-state index contributed by atoms with van der Waals surface area (Å²) >= 11 is 0. The lowest BCUT2D eigenvalue weighted by Gasteiger charge is -2.25. The van der Waals surface area contributed by atoms with Crippen LogP contribution < -0.4 is 4.90 Å². The van der Waals surface area contributed by atoms with Crippen molar-refractivity contribution >= 4 is 12.0 Å². The highest BCUT2D eigenvalue weighted by Gasteiger charge is 2.21. The molecular formula is C15H19NO. The Morgan fingerprint density at radius 1 is 1.18 bits per heavy atom. The minimum Gasteiger partial charge on any atom is -0.372 e. The Kier molecular flexibility index (Phi) is 2.87. The third-order valence-electron chi connectivity index (χ3n) is 4.13. The van der Waals surface area contributed by atoms with Crippen LogP contribution in [-0.4, -0.2) is 19.4 Å². The molecule has 3 rings (SSSR count). The number of benzene rings is 1. The average molecular weight is 229 g/mol. The number of rotatable bonds is 2. The van der Waals surface area contributed by atoms with Crippen molar-refractivity contribution in [1.29, 1.82) is 0 Å². The molecule has 2 heteroatoms. The van der Waals surface area contributed by atoms with Gasteiger partial charge in [-0.2, -0.15) is 0 Å². The van der Waals surface area contributed by atoms with Crippen molar-refractivity contribution in [2.24, 2.45) is 0 Å². The van der Waals surface area contributed by atoms with E-state index < -0.39 is 0 Å². The molecule has 90 valence electrons. The van der Waals surface area contributed by atoms with E-state index in [2.05, 4.69) is 23.1 Å². The normalized spacial score (nSPS) is 23.5. The zero-order valence-electron chi connectivity index (χ0n) is 10.2. The summed E-state index contributed by atoms with van der Waals surface area (Å²) in [5, 5.41) is 0. The highest BCUT2D eigenvalue weighted by molar-refractivity contribution is 5.66. The fourth-order valence-corrected chi connectivity index (χ4v) is 3.14. The van der Waals surface area contributed by atoms with Crippen LogP contribution in [0.25, 0.3) is 0 Å². The molecule has 1 unspecified atom stereocenters. The molecule has 17 heavy (non-hydrogen) atoms. The highest BCUT2D eigenvalue weighted by Crippen LogP contribution is 2.33. The van der Waals surface area contributed by atoms with Gasteiger partial charge in [0.25, 0.3) is 0 Å². The van der Waals surface area contributed by atoms with Crippen LogP contribution in [0.5, 0.6) is 0 Å². The Balaban J connectivity index is 1.95. The third-order valence-corrected chi connectivity index (χ3v) is 4.13. The average Bonchev–Trinajstić information content (AvgIpc) is 2.91. The van der Waals surface area contributed by atoms with Gasteiger partial charge in [-0.25, -0.2) is 0 Å². The zero-order valence-corrected chi connectivity index (χ0v) is 10.2. The fraction of sp³-hybridized carbons (Fsp3) is 0.533. The van der Waals surface area contributed by atoms with Crippen LogP contribution in [0.3, 0.4) is 0 Å². The summed E-state index contributed by atoms with van der Waals surface area (Å²) in [4.78, 5) is 13.6. The number of hydrogen-bond donors (Lipinski definition) is 0. The Morgan fingerprint density at radius 3 is 2.76 bits per heavy atom. The molecule has 1 saturated heterocycles. The van der Waals surface area contributed by atoms with Gasteiger partial charge < -0.3 is 9.69 Å². The maximum Gasteiger partial charge on any atom is 0.127 e. The van der Waals surface area contributed by atoms with E-state index in [4.69, 9.17) is 0 Å². The first-order valence-electron chi connectivity index (χ1n) is 6.71. The maximum absolute atomic E-state index is 11.1. The SMILES string of the molecule is O=CC1CCCc2ccc(N3CCCC3)cc21. The summed E-state index contributed by atoms with van der Waals surface area (Å²) < 4.78 is 0. The van der Waals surface area contributed by atoms with Crippen LogP contribution in [0, 0.1) is 0 Å². The fourth-order valence-electron chi connectivity index (χ4n) is 3.14. The van der Waals surface area contributed by atoms with Gasteiger partial charge in [0.2, 0.25) is 0 Å². The molecule has 0 N–H and O–H groups in total. The van der Waals surface area contributed by atoms with Gasteiger partial charge in [-0.15, -0.1) is 0 Å². The molecule has 1 atom stereocenters. The highest BCUT2D eigenvalue weighted by atomic mass is 16.1. The van der Waals surface area contributed by atoms with Crippen LogP contribution in [0.2, 0.25) is 0 Å². The lowest BCUT2D eigenvalue weighted by Crippen LogP contribution is -2.19. The molecule has 2 nitrogen and oxygen atoms in total. The quantitative estimate of drug-likeness (QED) is 0.727. The van der Waals surface area contributed by atoms with Gasteiger partial charge in [-0.05, 0) is 55.4 Å². The molecular weight excluding hydrogens is 210 g/mol. The molecule has 0 spiro atoms. The lowest BCUT2D eigenvalue weighted by atomic mass is 9.83. The zero-order chi connectivity index (χ0) is 11.7. The summed E-state index contributed by atoms with van der Waals surface area (Å²) in [5.41, 5.74) is 3.99. The molecule has 1 heterocycles. The van der Waals surface area contributed by atoms with Crippen molar-refractivity contribution in [2.45, 2.75) is 38.0 Å². The van der Waals surface area contributed by atoms with E-state index in [-0.39, 0.29) is 5.92 Å². The number of nitrogens with zero attached hydrogens (tertiary/aromatic N) is 1. The monoisotopic (exact) mass is 229 g/mol. The molecule has 2 aliphatic rings. The maximum atomic E-state index is 11.1. The lowest BCUT2D eigenvalue weighted by molar-refractivity contribution is -0.109. The van der Waals surface area contributed by atoms with Crippen LogP contribution in [0.1, 0.15) is 42.7 Å². The van der Waals surface area contributed by atoms with E-state index in [1.807, 2.05) is 0 Å². The topological polar surface area (TPSA) is 20.3 Å². The van der Waals surface area contributed by atoms with Crippen LogP contribution in [0.4, 0.5) is 5.69 Å². The van der Waals surface area contributed by atoms with Crippen LogP contribution in [-0.2, 0) is 11.2 Å². The first-order chi connectivity index (χ1) is 8.38. The van der Waals surface area contributed by atoms with Gasteiger partial charge in [-0.1, -0.05) is 6.07 Å². The Bertz CT molecular complexity index is 421. The molecule has 1 fully saturated rings. The molecule has 1 aromatic rings. The summed E-state index contributed by atoms with van der Waals surface area (Å²) in [7, 11) is 0. The Hall–Kier alpha value is -1.31. The van der Waals surface area contributed by atoms with Gasteiger partial charge >= 0.3 is 0 Å². The van der Waals surface area contributed by atoms with Gasteiger partial charge in [-0.3, -0.25) is 0 Å². The van der Waals surface area contributed by atoms with E-state index in [9.17, 15) is 4.79 Å². The number of aryl methyl sites for hydroxylation is 1. The first-order valence-corrected chi connectivity index (χ1v) is 6.71. The van der Waals surface area contributed by atoms with E-state index >= 15 is 0 Å². The Labute approximate surface area is 103 Å². The van der Waals surface area contributed by atoms with Crippen molar-refractivity contribution in [1.82, 2.24) is 0 Å². The summed E-state index contributed by atoms with van der Waals surface area (Å²) in [6, 6.07) is 6.73. The second-order valence-corrected chi connectivity index (χ2v) is 5.21. The van der Waals surface area contributed by atoms with Crippen LogP contribution >= 0.6 is 0 Å². The van der Waals surface area contributed by atoms with Crippen molar-refractivity contribution in [2.75, 3.05) is 18.0 Å². The number of carbonyl (C=O) groups excluding carboxylic acids is 1. The molecule has 0 aromatic heterocycles. The van der Waals surface area contributed by atoms with Gasteiger partial charge in [0, 0.05) is 24.7 Å².